The van der Waals surface area contributed by atoms with Crippen LogP contribution in [0.15, 0.2) is 205 Å². The zero-order chi connectivity index (χ0) is 36.3. The molecule has 0 atom stereocenters. The van der Waals surface area contributed by atoms with Crippen LogP contribution in [0.4, 0.5) is 17.1 Å². The SMILES string of the molecule is c1ccc(-c2ccc3ccccc3c2)c(-c2ccc(N(c3ccccc3-c3ccc4oc5ccccc5c4c3)c3cccc4sc5ccccc5c34)cc2)c1. The lowest BCUT2D eigenvalue weighted by molar-refractivity contribution is 0.669. The minimum Gasteiger partial charge on any atom is -0.456 e. The van der Waals surface area contributed by atoms with Crippen molar-refractivity contribution in [3.8, 4) is 33.4 Å². The van der Waals surface area contributed by atoms with E-state index in [0.29, 0.717) is 0 Å². The fourth-order valence-corrected chi connectivity index (χ4v) is 9.42. The highest BCUT2D eigenvalue weighted by Gasteiger charge is 2.22. The van der Waals surface area contributed by atoms with E-state index in [-0.39, 0.29) is 0 Å². The molecule has 9 aromatic carbocycles. The van der Waals surface area contributed by atoms with Crippen LogP contribution in [0.3, 0.4) is 0 Å². The van der Waals surface area contributed by atoms with Gasteiger partial charge in [-0.3, -0.25) is 0 Å². The number of rotatable bonds is 6. The number of nitrogens with zero attached hydrogens (tertiary/aromatic N) is 1. The Morgan fingerprint density at radius 2 is 0.964 bits per heavy atom. The van der Waals surface area contributed by atoms with Crippen molar-refractivity contribution in [1.29, 1.82) is 0 Å². The van der Waals surface area contributed by atoms with Crippen molar-refractivity contribution in [2.45, 2.75) is 0 Å². The first-order chi connectivity index (χ1) is 27.3. The lowest BCUT2D eigenvalue weighted by atomic mass is 9.93. The third-order valence-corrected chi connectivity index (χ3v) is 12.0. The topological polar surface area (TPSA) is 16.4 Å². The van der Waals surface area contributed by atoms with E-state index in [4.69, 9.17) is 4.42 Å². The molecular formula is C52H33NOS. The molecule has 0 unspecified atom stereocenters. The number of hydrogen-bond acceptors (Lipinski definition) is 3. The minimum absolute atomic E-state index is 0.897. The smallest absolute Gasteiger partial charge is 0.135 e. The second-order valence-corrected chi connectivity index (χ2v) is 15.1. The molecule has 0 N–H and O–H groups in total. The van der Waals surface area contributed by atoms with Gasteiger partial charge in [-0.1, -0.05) is 140 Å². The number of benzene rings is 9. The monoisotopic (exact) mass is 719 g/mol. The first kappa shape index (κ1) is 31.6. The maximum Gasteiger partial charge on any atom is 0.135 e. The number of para-hydroxylation sites is 2. The van der Waals surface area contributed by atoms with E-state index in [1.807, 2.05) is 23.5 Å². The van der Waals surface area contributed by atoms with Crippen LogP contribution in [0.25, 0.3) is 86.3 Å². The summed E-state index contributed by atoms with van der Waals surface area (Å²) in [5, 5.41) is 7.28. The van der Waals surface area contributed by atoms with Gasteiger partial charge in [0.1, 0.15) is 11.2 Å². The molecule has 0 saturated heterocycles. The Balaban J connectivity index is 1.09. The first-order valence-corrected chi connectivity index (χ1v) is 19.5. The number of furan rings is 1. The second kappa shape index (κ2) is 12.9. The maximum absolute atomic E-state index is 6.23. The van der Waals surface area contributed by atoms with Crippen molar-refractivity contribution in [3.05, 3.63) is 200 Å². The molecule has 0 radical (unpaired) electrons. The second-order valence-electron chi connectivity index (χ2n) is 14.1. The van der Waals surface area contributed by atoms with Gasteiger partial charge in [-0.15, -0.1) is 11.3 Å². The van der Waals surface area contributed by atoms with Gasteiger partial charge in [0, 0.05) is 42.2 Å². The molecule has 11 rings (SSSR count). The highest BCUT2D eigenvalue weighted by atomic mass is 32.1. The summed E-state index contributed by atoms with van der Waals surface area (Å²) in [7, 11) is 0. The highest BCUT2D eigenvalue weighted by molar-refractivity contribution is 7.26. The largest absolute Gasteiger partial charge is 0.456 e. The average molecular weight is 720 g/mol. The zero-order valence-electron chi connectivity index (χ0n) is 29.8. The Kier molecular flexibility index (Phi) is 7.39. The summed E-state index contributed by atoms with van der Waals surface area (Å²) in [6, 6.07) is 72.3. The molecule has 11 aromatic rings. The number of thiophene rings is 1. The summed E-state index contributed by atoms with van der Waals surface area (Å²) in [6.45, 7) is 0. The van der Waals surface area contributed by atoms with Gasteiger partial charge in [-0.25, -0.2) is 0 Å². The zero-order valence-corrected chi connectivity index (χ0v) is 30.6. The molecule has 55 heavy (non-hydrogen) atoms. The van der Waals surface area contributed by atoms with E-state index in [9.17, 15) is 0 Å². The van der Waals surface area contributed by atoms with Gasteiger partial charge < -0.3 is 9.32 Å². The lowest BCUT2D eigenvalue weighted by Crippen LogP contribution is -2.11. The normalized spacial score (nSPS) is 11.6. The van der Waals surface area contributed by atoms with Crippen LogP contribution in [0.1, 0.15) is 0 Å². The van der Waals surface area contributed by atoms with Crippen molar-refractivity contribution in [2.75, 3.05) is 4.90 Å². The van der Waals surface area contributed by atoms with Crippen molar-refractivity contribution < 1.29 is 4.42 Å². The molecule has 2 nitrogen and oxygen atoms in total. The number of fused-ring (bicyclic) bond motifs is 7. The lowest BCUT2D eigenvalue weighted by Gasteiger charge is -2.29. The van der Waals surface area contributed by atoms with Gasteiger partial charge >= 0.3 is 0 Å². The summed E-state index contributed by atoms with van der Waals surface area (Å²) < 4.78 is 8.79. The van der Waals surface area contributed by atoms with Gasteiger partial charge in [0.2, 0.25) is 0 Å². The van der Waals surface area contributed by atoms with Crippen LogP contribution in [0, 0.1) is 0 Å². The van der Waals surface area contributed by atoms with Crippen molar-refractivity contribution >= 4 is 81.3 Å². The van der Waals surface area contributed by atoms with E-state index in [1.165, 1.54) is 53.2 Å². The third kappa shape index (κ3) is 5.32. The van der Waals surface area contributed by atoms with Gasteiger partial charge in [-0.05, 0) is 99.3 Å². The molecule has 0 spiro atoms. The predicted octanol–water partition coefficient (Wildman–Crippen LogP) is 15.6. The molecule has 0 fully saturated rings. The van der Waals surface area contributed by atoms with Crippen molar-refractivity contribution in [2.24, 2.45) is 0 Å². The van der Waals surface area contributed by atoms with E-state index in [1.54, 1.807) is 0 Å². The van der Waals surface area contributed by atoms with E-state index < -0.39 is 0 Å². The van der Waals surface area contributed by atoms with Gasteiger partial charge in [0.05, 0.1) is 11.4 Å². The molecule has 2 aromatic heterocycles. The molecule has 0 bridgehead atoms. The maximum atomic E-state index is 6.23. The molecular weight excluding hydrogens is 687 g/mol. The van der Waals surface area contributed by atoms with Crippen LogP contribution >= 0.6 is 11.3 Å². The Morgan fingerprint density at radius 3 is 1.84 bits per heavy atom. The van der Waals surface area contributed by atoms with Gasteiger partial charge in [0.25, 0.3) is 0 Å². The molecule has 258 valence electrons. The predicted molar refractivity (Wildman–Crippen MR) is 235 cm³/mol. The van der Waals surface area contributed by atoms with Crippen LogP contribution < -0.4 is 4.90 Å². The first-order valence-electron chi connectivity index (χ1n) is 18.7. The molecule has 3 heteroatoms. The number of hydrogen-bond donors (Lipinski definition) is 0. The molecule has 0 aliphatic heterocycles. The summed E-state index contributed by atoms with van der Waals surface area (Å²) in [5.74, 6) is 0. The summed E-state index contributed by atoms with van der Waals surface area (Å²) >= 11 is 1.85. The summed E-state index contributed by atoms with van der Waals surface area (Å²) in [5.41, 5.74) is 12.3. The van der Waals surface area contributed by atoms with Gasteiger partial charge in [-0.2, -0.15) is 0 Å². The Morgan fingerprint density at radius 1 is 0.364 bits per heavy atom. The quantitative estimate of drug-likeness (QED) is 0.170. The third-order valence-electron chi connectivity index (χ3n) is 10.9. The Labute approximate surface area is 322 Å². The standard InChI is InChI=1S/C52H33NOS/c1-2-13-36-32-37(25-24-34(36)12-1)41-15-4-3-14-40(41)35-26-29-39(30-27-35)53(47-20-11-23-51-52(47)44-18-7-10-22-50(44)55-51)46-19-8-5-16-42(46)38-28-31-49-45(33-38)43-17-6-9-21-48(43)54-49/h1-33H. The van der Waals surface area contributed by atoms with E-state index in [2.05, 4.69) is 193 Å². The summed E-state index contributed by atoms with van der Waals surface area (Å²) in [6.07, 6.45) is 0. The Bertz CT molecular complexity index is 3220. The highest BCUT2D eigenvalue weighted by Crippen LogP contribution is 2.48. The van der Waals surface area contributed by atoms with Crippen molar-refractivity contribution in [1.82, 2.24) is 0 Å². The molecule has 0 amide bonds. The van der Waals surface area contributed by atoms with E-state index in [0.717, 1.165) is 50.1 Å². The van der Waals surface area contributed by atoms with Gasteiger partial charge in [0.15, 0.2) is 0 Å². The molecule has 0 aliphatic rings. The fourth-order valence-electron chi connectivity index (χ4n) is 8.29. The average Bonchev–Trinajstić information content (AvgIpc) is 3.83. The number of anilines is 3. The fraction of sp³-hybridized carbons (Fsp3) is 0. The molecule has 0 saturated carbocycles. The Hall–Kier alpha value is -6.94. The minimum atomic E-state index is 0.897. The van der Waals surface area contributed by atoms with Crippen LogP contribution in [0.2, 0.25) is 0 Å². The molecule has 0 aliphatic carbocycles. The van der Waals surface area contributed by atoms with Crippen molar-refractivity contribution in [3.63, 3.8) is 0 Å². The van der Waals surface area contributed by atoms with Crippen LogP contribution in [-0.2, 0) is 0 Å². The van der Waals surface area contributed by atoms with E-state index >= 15 is 0 Å². The summed E-state index contributed by atoms with van der Waals surface area (Å²) in [4.78, 5) is 2.45. The van der Waals surface area contributed by atoms with Crippen LogP contribution in [0.5, 0.6) is 0 Å². The van der Waals surface area contributed by atoms with Crippen LogP contribution in [-0.4, -0.2) is 0 Å². The molecule has 2 heterocycles.